The van der Waals surface area contributed by atoms with Crippen LogP contribution in [0.15, 0.2) is 73.1 Å². The van der Waals surface area contributed by atoms with Gasteiger partial charge in [-0.3, -0.25) is 0 Å². The first-order chi connectivity index (χ1) is 12.0. The molecule has 0 fully saturated rings. The Morgan fingerprint density at radius 1 is 0.800 bits per heavy atom. The second-order valence-electron chi connectivity index (χ2n) is 5.73. The van der Waals surface area contributed by atoms with Crippen LogP contribution >= 0.6 is 0 Å². The molecule has 0 atom stereocenters. The smallest absolute Gasteiger partial charge is 0.346 e. The van der Waals surface area contributed by atoms with Gasteiger partial charge in [-0.1, -0.05) is 48.5 Å². The van der Waals surface area contributed by atoms with Gasteiger partial charge < -0.3 is 4.98 Å². The minimum atomic E-state index is -4.41. The Balaban J connectivity index is 1.93. The first-order valence-electron chi connectivity index (χ1n) is 7.73. The summed E-state index contributed by atoms with van der Waals surface area (Å²) in [6, 6.07) is 17.1. The summed E-state index contributed by atoms with van der Waals surface area (Å²) >= 11 is 0. The van der Waals surface area contributed by atoms with Crippen LogP contribution < -0.4 is 0 Å². The number of H-pyrrole nitrogens is 1. The highest BCUT2D eigenvalue weighted by Gasteiger charge is 2.33. The molecule has 2 aromatic heterocycles. The van der Waals surface area contributed by atoms with Gasteiger partial charge in [0.1, 0.15) is 5.65 Å². The number of nitrogens with one attached hydrogen (secondary N) is 1. The van der Waals surface area contributed by atoms with Gasteiger partial charge in [-0.15, -0.1) is 0 Å². The fourth-order valence-corrected chi connectivity index (χ4v) is 2.98. The lowest BCUT2D eigenvalue weighted by molar-refractivity contribution is -0.137. The number of alkyl halides is 3. The summed E-state index contributed by atoms with van der Waals surface area (Å²) in [5.41, 5.74) is 2.38. The monoisotopic (exact) mass is 338 g/mol. The number of aromatic amines is 1. The average Bonchev–Trinajstić information content (AvgIpc) is 3.05. The van der Waals surface area contributed by atoms with Gasteiger partial charge in [-0.25, -0.2) is 4.98 Å². The minimum Gasteiger partial charge on any atom is -0.346 e. The largest absolute Gasteiger partial charge is 0.417 e. The number of halogens is 3. The van der Waals surface area contributed by atoms with Gasteiger partial charge in [0.15, 0.2) is 0 Å². The molecule has 0 aliphatic carbocycles. The molecule has 5 heteroatoms. The van der Waals surface area contributed by atoms with Crippen LogP contribution in [0.2, 0.25) is 0 Å². The maximum atomic E-state index is 13.4. The van der Waals surface area contributed by atoms with Gasteiger partial charge in [0.2, 0.25) is 0 Å². The Morgan fingerprint density at radius 2 is 1.52 bits per heavy atom. The van der Waals surface area contributed by atoms with Crippen molar-refractivity contribution in [2.45, 2.75) is 6.18 Å². The molecule has 0 bridgehead atoms. The van der Waals surface area contributed by atoms with E-state index in [4.69, 9.17) is 0 Å². The third-order valence-corrected chi connectivity index (χ3v) is 4.16. The second kappa shape index (κ2) is 5.77. The number of hydrogen-bond donors (Lipinski definition) is 1. The van der Waals surface area contributed by atoms with Crippen LogP contribution in [0.25, 0.3) is 33.3 Å². The second-order valence-corrected chi connectivity index (χ2v) is 5.73. The fraction of sp³-hybridized carbons (Fsp3) is 0.0500. The van der Waals surface area contributed by atoms with Gasteiger partial charge in [0.25, 0.3) is 0 Å². The van der Waals surface area contributed by atoms with Crippen molar-refractivity contribution in [3.63, 3.8) is 0 Å². The lowest BCUT2D eigenvalue weighted by Crippen LogP contribution is -2.06. The molecule has 0 spiro atoms. The van der Waals surface area contributed by atoms with Crippen molar-refractivity contribution in [3.05, 3.63) is 78.6 Å². The zero-order chi connectivity index (χ0) is 17.4. The molecule has 1 N–H and O–H groups in total. The van der Waals surface area contributed by atoms with Crippen LogP contribution in [0.3, 0.4) is 0 Å². The van der Waals surface area contributed by atoms with Gasteiger partial charge >= 0.3 is 6.18 Å². The molecule has 2 nitrogen and oxygen atoms in total. The third kappa shape index (κ3) is 2.78. The number of pyridine rings is 1. The molecular weight excluding hydrogens is 325 g/mol. The highest BCUT2D eigenvalue weighted by atomic mass is 19.4. The molecule has 0 saturated heterocycles. The summed E-state index contributed by atoms with van der Waals surface area (Å²) in [4.78, 5) is 7.32. The SMILES string of the molecule is FC(F)(F)c1ccccc1-c1c[nH]c2ncc(-c3ccccc3)cc12. The molecule has 25 heavy (non-hydrogen) atoms. The maximum absolute atomic E-state index is 13.4. The molecule has 0 unspecified atom stereocenters. The van der Waals surface area contributed by atoms with Crippen molar-refractivity contribution < 1.29 is 13.2 Å². The van der Waals surface area contributed by atoms with Gasteiger partial charge in [-0.2, -0.15) is 13.2 Å². The number of fused-ring (bicyclic) bond motifs is 1. The molecule has 0 saturated carbocycles. The Bertz CT molecular complexity index is 1030. The van der Waals surface area contributed by atoms with Gasteiger partial charge in [0.05, 0.1) is 5.56 Å². The highest BCUT2D eigenvalue weighted by molar-refractivity contribution is 5.96. The van der Waals surface area contributed by atoms with E-state index in [9.17, 15) is 13.2 Å². The van der Waals surface area contributed by atoms with Crippen molar-refractivity contribution in [3.8, 4) is 22.3 Å². The van der Waals surface area contributed by atoms with Crippen molar-refractivity contribution in [1.82, 2.24) is 9.97 Å². The van der Waals surface area contributed by atoms with Gasteiger partial charge in [0, 0.05) is 28.9 Å². The number of hydrogen-bond acceptors (Lipinski definition) is 1. The molecule has 2 aromatic carbocycles. The lowest BCUT2D eigenvalue weighted by atomic mass is 9.98. The summed E-state index contributed by atoms with van der Waals surface area (Å²) in [7, 11) is 0. The van der Waals surface area contributed by atoms with Crippen molar-refractivity contribution in [1.29, 1.82) is 0 Å². The Kier molecular flexibility index (Phi) is 3.57. The molecule has 0 aliphatic rings. The van der Waals surface area contributed by atoms with Crippen molar-refractivity contribution in [2.24, 2.45) is 0 Å². The van der Waals surface area contributed by atoms with Crippen molar-refractivity contribution in [2.75, 3.05) is 0 Å². The Hall–Kier alpha value is -3.08. The first kappa shape index (κ1) is 15.4. The van der Waals surface area contributed by atoms with E-state index >= 15 is 0 Å². The summed E-state index contributed by atoms with van der Waals surface area (Å²) in [6.45, 7) is 0. The normalized spacial score (nSPS) is 11.8. The van der Waals surface area contributed by atoms with E-state index in [0.29, 0.717) is 16.6 Å². The number of rotatable bonds is 2. The van der Waals surface area contributed by atoms with E-state index in [1.54, 1.807) is 18.5 Å². The summed E-state index contributed by atoms with van der Waals surface area (Å²) in [5.74, 6) is 0. The quantitative estimate of drug-likeness (QED) is 0.483. The molecular formula is C20H13F3N2. The Morgan fingerprint density at radius 3 is 2.28 bits per heavy atom. The van der Waals surface area contributed by atoms with Crippen LogP contribution in [0, 0.1) is 0 Å². The highest BCUT2D eigenvalue weighted by Crippen LogP contribution is 2.39. The third-order valence-electron chi connectivity index (χ3n) is 4.16. The van der Waals surface area contributed by atoms with Crippen LogP contribution in [0.4, 0.5) is 13.2 Å². The van der Waals surface area contributed by atoms with Gasteiger partial charge in [-0.05, 0) is 23.3 Å². The van der Waals surface area contributed by atoms with E-state index in [1.165, 1.54) is 12.1 Å². The minimum absolute atomic E-state index is 0.147. The summed E-state index contributed by atoms with van der Waals surface area (Å²) in [5, 5.41) is 0.665. The van der Waals surface area contributed by atoms with Crippen LogP contribution in [0.1, 0.15) is 5.56 Å². The molecule has 4 rings (SSSR count). The number of aromatic nitrogens is 2. The standard InChI is InChI=1S/C20H13F3N2/c21-20(22,23)18-9-5-4-8-15(18)17-12-25-19-16(17)10-14(11-24-19)13-6-2-1-3-7-13/h1-12H,(H,24,25). The van der Waals surface area contributed by atoms with E-state index < -0.39 is 11.7 Å². The first-order valence-corrected chi connectivity index (χ1v) is 7.73. The topological polar surface area (TPSA) is 28.7 Å². The molecule has 124 valence electrons. The van der Waals surface area contributed by atoms with E-state index in [-0.39, 0.29) is 5.56 Å². The van der Waals surface area contributed by atoms with E-state index in [1.807, 2.05) is 36.4 Å². The number of nitrogens with zero attached hydrogens (tertiary/aromatic N) is 1. The summed E-state index contributed by atoms with van der Waals surface area (Å²) < 4.78 is 40.1. The molecule has 0 radical (unpaired) electrons. The Labute approximate surface area is 142 Å². The fourth-order valence-electron chi connectivity index (χ4n) is 2.98. The molecule has 2 heterocycles. The van der Waals surface area contributed by atoms with Crippen LogP contribution in [-0.4, -0.2) is 9.97 Å². The molecule has 0 aliphatic heterocycles. The van der Waals surface area contributed by atoms with E-state index in [2.05, 4.69) is 9.97 Å². The predicted octanol–water partition coefficient (Wildman–Crippen LogP) is 5.92. The van der Waals surface area contributed by atoms with E-state index in [0.717, 1.165) is 17.2 Å². The molecule has 4 aromatic rings. The van der Waals surface area contributed by atoms with Crippen molar-refractivity contribution >= 4 is 11.0 Å². The number of benzene rings is 2. The maximum Gasteiger partial charge on any atom is 0.417 e. The molecule has 0 amide bonds. The van der Waals surface area contributed by atoms with Crippen LogP contribution in [0.5, 0.6) is 0 Å². The zero-order valence-electron chi connectivity index (χ0n) is 13.0. The van der Waals surface area contributed by atoms with Crippen LogP contribution in [-0.2, 0) is 6.18 Å². The predicted molar refractivity (Wildman–Crippen MR) is 92.0 cm³/mol. The lowest BCUT2D eigenvalue weighted by Gasteiger charge is -2.12. The summed E-state index contributed by atoms with van der Waals surface area (Å²) in [6.07, 6.45) is -1.12. The zero-order valence-corrected chi connectivity index (χ0v) is 13.0. The average molecular weight is 338 g/mol.